The first-order valence-electron chi connectivity index (χ1n) is 6.81. The van der Waals surface area contributed by atoms with Crippen LogP contribution < -0.4 is 11.1 Å². The molecule has 1 aromatic carbocycles. The highest BCUT2D eigenvalue weighted by Crippen LogP contribution is 2.27. The summed E-state index contributed by atoms with van der Waals surface area (Å²) in [4.78, 5) is 12.2. The molecule has 0 spiro atoms. The van der Waals surface area contributed by atoms with Gasteiger partial charge in [0, 0.05) is 11.5 Å². The fourth-order valence-corrected chi connectivity index (χ4v) is 2.44. The van der Waals surface area contributed by atoms with Crippen molar-refractivity contribution in [3.63, 3.8) is 0 Å². The number of nitrogens with two attached hydrogens (primary N) is 1. The van der Waals surface area contributed by atoms with Crippen LogP contribution in [0.5, 0.6) is 0 Å². The number of amides is 1. The van der Waals surface area contributed by atoms with Crippen molar-refractivity contribution in [2.24, 2.45) is 11.7 Å². The highest BCUT2D eigenvalue weighted by Gasteiger charge is 2.23. The molecule has 0 heterocycles. The van der Waals surface area contributed by atoms with Gasteiger partial charge in [0.05, 0.1) is 12.2 Å². The maximum absolute atomic E-state index is 12.2. The SMILES string of the molecule is Cc1ccc(C#CCN)c(NC(=O)C2CCCC2)c1. The predicted octanol–water partition coefficient (Wildman–Crippen LogP) is 2.43. The van der Waals surface area contributed by atoms with E-state index < -0.39 is 0 Å². The van der Waals surface area contributed by atoms with Gasteiger partial charge in [-0.05, 0) is 37.5 Å². The molecule has 0 aliphatic heterocycles. The second-order valence-electron chi connectivity index (χ2n) is 5.03. The van der Waals surface area contributed by atoms with Crippen LogP contribution in [-0.4, -0.2) is 12.5 Å². The Morgan fingerprint density at radius 2 is 2.16 bits per heavy atom. The van der Waals surface area contributed by atoms with Gasteiger partial charge in [-0.2, -0.15) is 0 Å². The summed E-state index contributed by atoms with van der Waals surface area (Å²) in [5, 5.41) is 3.02. The lowest BCUT2D eigenvalue weighted by Gasteiger charge is -2.12. The number of rotatable bonds is 2. The van der Waals surface area contributed by atoms with Crippen molar-refractivity contribution in [3.05, 3.63) is 29.3 Å². The van der Waals surface area contributed by atoms with Gasteiger partial charge < -0.3 is 11.1 Å². The number of benzene rings is 1. The molecule has 0 bridgehead atoms. The second-order valence-corrected chi connectivity index (χ2v) is 5.03. The van der Waals surface area contributed by atoms with E-state index in [0.29, 0.717) is 6.54 Å². The van der Waals surface area contributed by atoms with Gasteiger partial charge in [-0.1, -0.05) is 30.7 Å². The van der Waals surface area contributed by atoms with Crippen LogP contribution in [0.15, 0.2) is 18.2 Å². The Kier molecular flexibility index (Phi) is 4.59. The summed E-state index contributed by atoms with van der Waals surface area (Å²) in [6.07, 6.45) is 4.32. The van der Waals surface area contributed by atoms with Crippen LogP contribution in [0.2, 0.25) is 0 Å². The molecule has 0 unspecified atom stereocenters. The number of carbonyl (C=O) groups is 1. The number of aryl methyl sites for hydroxylation is 1. The van der Waals surface area contributed by atoms with Crippen LogP contribution in [0.4, 0.5) is 5.69 Å². The fourth-order valence-electron chi connectivity index (χ4n) is 2.44. The molecule has 1 amide bonds. The van der Waals surface area contributed by atoms with E-state index in [2.05, 4.69) is 17.2 Å². The van der Waals surface area contributed by atoms with Gasteiger partial charge in [-0.15, -0.1) is 0 Å². The maximum Gasteiger partial charge on any atom is 0.227 e. The molecule has 100 valence electrons. The summed E-state index contributed by atoms with van der Waals surface area (Å²) in [5.41, 5.74) is 8.15. The lowest BCUT2D eigenvalue weighted by atomic mass is 10.1. The van der Waals surface area contributed by atoms with Crippen LogP contribution in [0.1, 0.15) is 36.8 Å². The van der Waals surface area contributed by atoms with E-state index in [1.54, 1.807) is 0 Å². The lowest BCUT2D eigenvalue weighted by molar-refractivity contribution is -0.119. The van der Waals surface area contributed by atoms with Crippen molar-refractivity contribution in [2.45, 2.75) is 32.6 Å². The first-order chi connectivity index (χ1) is 9.20. The molecule has 19 heavy (non-hydrogen) atoms. The number of anilines is 1. The van der Waals surface area contributed by atoms with E-state index in [1.165, 1.54) is 0 Å². The van der Waals surface area contributed by atoms with Gasteiger partial charge in [0.2, 0.25) is 5.91 Å². The molecule has 0 saturated heterocycles. The van der Waals surface area contributed by atoms with Gasteiger partial charge >= 0.3 is 0 Å². The topological polar surface area (TPSA) is 55.1 Å². The number of nitrogens with one attached hydrogen (secondary N) is 1. The molecular formula is C16H20N2O. The molecule has 3 N–H and O–H groups in total. The zero-order valence-corrected chi connectivity index (χ0v) is 11.3. The number of hydrogen-bond acceptors (Lipinski definition) is 2. The van der Waals surface area contributed by atoms with E-state index in [0.717, 1.165) is 42.5 Å². The average Bonchev–Trinajstić information content (AvgIpc) is 2.92. The lowest BCUT2D eigenvalue weighted by Crippen LogP contribution is -2.20. The Morgan fingerprint density at radius 3 is 2.84 bits per heavy atom. The van der Waals surface area contributed by atoms with Crippen molar-refractivity contribution >= 4 is 11.6 Å². The molecule has 1 saturated carbocycles. The van der Waals surface area contributed by atoms with Crippen LogP contribution in [-0.2, 0) is 4.79 Å². The summed E-state index contributed by atoms with van der Waals surface area (Å²) in [6, 6.07) is 5.89. The van der Waals surface area contributed by atoms with Crippen LogP contribution >= 0.6 is 0 Å². The van der Waals surface area contributed by atoms with Crippen molar-refractivity contribution < 1.29 is 4.79 Å². The Bertz CT molecular complexity index is 519. The summed E-state index contributed by atoms with van der Waals surface area (Å²) in [6.45, 7) is 2.33. The van der Waals surface area contributed by atoms with Crippen molar-refractivity contribution in [1.82, 2.24) is 0 Å². The van der Waals surface area contributed by atoms with E-state index in [9.17, 15) is 4.79 Å². The van der Waals surface area contributed by atoms with Crippen LogP contribution in [0.3, 0.4) is 0 Å². The standard InChI is InChI=1S/C16H20N2O/c1-12-8-9-13(7-4-10-17)15(11-12)18-16(19)14-5-2-3-6-14/h8-9,11,14H,2-3,5-6,10,17H2,1H3,(H,18,19). The minimum Gasteiger partial charge on any atom is -0.325 e. The second kappa shape index (κ2) is 6.40. The van der Waals surface area contributed by atoms with Crippen molar-refractivity contribution in [1.29, 1.82) is 0 Å². The van der Waals surface area contributed by atoms with Crippen molar-refractivity contribution in [3.8, 4) is 11.8 Å². The Balaban J connectivity index is 2.17. The Labute approximate surface area is 114 Å². The van der Waals surface area contributed by atoms with E-state index in [4.69, 9.17) is 5.73 Å². The zero-order valence-electron chi connectivity index (χ0n) is 11.3. The first kappa shape index (κ1) is 13.6. The Morgan fingerprint density at radius 1 is 1.42 bits per heavy atom. The molecule has 1 fully saturated rings. The molecule has 1 aliphatic carbocycles. The minimum absolute atomic E-state index is 0.124. The third kappa shape index (κ3) is 3.59. The third-order valence-corrected chi connectivity index (χ3v) is 3.48. The summed E-state index contributed by atoms with van der Waals surface area (Å²) in [5.74, 6) is 6.13. The Hall–Kier alpha value is -1.79. The molecule has 3 nitrogen and oxygen atoms in total. The van der Waals surface area contributed by atoms with E-state index in [-0.39, 0.29) is 11.8 Å². The maximum atomic E-state index is 12.2. The first-order valence-corrected chi connectivity index (χ1v) is 6.81. The van der Waals surface area contributed by atoms with Gasteiger partial charge in [-0.3, -0.25) is 4.79 Å². The summed E-state index contributed by atoms with van der Waals surface area (Å²) >= 11 is 0. The highest BCUT2D eigenvalue weighted by atomic mass is 16.1. The predicted molar refractivity (Wildman–Crippen MR) is 77.7 cm³/mol. The average molecular weight is 256 g/mol. The zero-order chi connectivity index (χ0) is 13.7. The fraction of sp³-hybridized carbons (Fsp3) is 0.438. The summed E-state index contributed by atoms with van der Waals surface area (Å²) < 4.78 is 0. The normalized spacial score (nSPS) is 14.8. The van der Waals surface area contributed by atoms with Crippen molar-refractivity contribution in [2.75, 3.05) is 11.9 Å². The van der Waals surface area contributed by atoms with Crippen LogP contribution in [0, 0.1) is 24.7 Å². The minimum atomic E-state index is 0.124. The van der Waals surface area contributed by atoms with Gasteiger partial charge in [0.1, 0.15) is 0 Å². The summed E-state index contributed by atoms with van der Waals surface area (Å²) in [7, 11) is 0. The smallest absolute Gasteiger partial charge is 0.227 e. The van der Waals surface area contributed by atoms with Gasteiger partial charge in [0.25, 0.3) is 0 Å². The monoisotopic (exact) mass is 256 g/mol. The molecule has 1 aromatic rings. The third-order valence-electron chi connectivity index (χ3n) is 3.48. The van der Waals surface area contributed by atoms with Crippen LogP contribution in [0.25, 0.3) is 0 Å². The molecule has 0 atom stereocenters. The highest BCUT2D eigenvalue weighted by molar-refractivity contribution is 5.94. The molecule has 2 rings (SSSR count). The molecule has 3 heteroatoms. The molecule has 0 radical (unpaired) electrons. The van der Waals surface area contributed by atoms with E-state index in [1.807, 2.05) is 25.1 Å². The van der Waals surface area contributed by atoms with Gasteiger partial charge in [-0.25, -0.2) is 0 Å². The van der Waals surface area contributed by atoms with Gasteiger partial charge in [0.15, 0.2) is 0 Å². The largest absolute Gasteiger partial charge is 0.325 e. The van der Waals surface area contributed by atoms with E-state index >= 15 is 0 Å². The number of hydrogen-bond donors (Lipinski definition) is 2. The molecule has 0 aromatic heterocycles. The molecular weight excluding hydrogens is 236 g/mol. The quantitative estimate of drug-likeness (QED) is 0.798. The molecule has 1 aliphatic rings. The number of carbonyl (C=O) groups excluding carboxylic acids is 1.